The monoisotopic (exact) mass is 603 g/mol. The molecular formula is C35H33NOSn. The molecule has 4 aromatic carbocycles. The summed E-state index contributed by atoms with van der Waals surface area (Å²) in [6.45, 7) is 4.70. The van der Waals surface area contributed by atoms with Crippen molar-refractivity contribution >= 4 is 35.0 Å². The van der Waals surface area contributed by atoms with Crippen molar-refractivity contribution in [3.05, 3.63) is 149 Å². The van der Waals surface area contributed by atoms with Crippen LogP contribution in [-0.4, -0.2) is 41.8 Å². The Kier molecular flexibility index (Phi) is 7.07. The number of benzene rings is 4. The first kappa shape index (κ1) is 24.9. The number of carbonyl (C=O) groups is 1. The topological polar surface area (TPSA) is 20.3 Å². The van der Waals surface area contributed by atoms with E-state index in [-0.39, 0.29) is 17.9 Å². The zero-order valence-corrected chi connectivity index (χ0v) is 24.5. The number of hydrogen-bond acceptors (Lipinski definition) is 1. The van der Waals surface area contributed by atoms with Crippen LogP contribution in [0.3, 0.4) is 0 Å². The first-order valence-corrected chi connectivity index (χ1v) is 19.5. The van der Waals surface area contributed by atoms with E-state index in [1.54, 1.807) is 0 Å². The molecule has 4 aromatic rings. The molecule has 2 nitrogen and oxygen atoms in total. The zero-order chi connectivity index (χ0) is 26.0. The first-order chi connectivity index (χ1) is 18.7. The number of carbonyl (C=O) groups excluding carboxylic acids is 1. The Labute approximate surface area is 230 Å². The first-order valence-electron chi connectivity index (χ1n) is 13.6. The van der Waals surface area contributed by atoms with E-state index in [9.17, 15) is 4.79 Å². The molecule has 0 N–H and O–H groups in total. The maximum absolute atomic E-state index is 13.2. The summed E-state index contributed by atoms with van der Waals surface area (Å²) in [6, 6.07) is 44.4. The van der Waals surface area contributed by atoms with Gasteiger partial charge in [-0.1, -0.05) is 0 Å². The zero-order valence-electron chi connectivity index (χ0n) is 21.6. The summed E-state index contributed by atoms with van der Waals surface area (Å²) in [5.74, 6) is 0.644. The molecule has 6 rings (SSSR count). The molecule has 2 heterocycles. The van der Waals surface area contributed by atoms with Gasteiger partial charge in [0.25, 0.3) is 0 Å². The van der Waals surface area contributed by atoms with Crippen LogP contribution < -0.4 is 10.7 Å². The second-order valence-corrected chi connectivity index (χ2v) is 20.9. The maximum atomic E-state index is 13.2. The number of allylic oxidation sites excluding steroid dienone is 1. The summed E-state index contributed by atoms with van der Waals surface area (Å²) < 4.78 is 7.02. The fourth-order valence-corrected chi connectivity index (χ4v) is 19.6. The van der Waals surface area contributed by atoms with Crippen LogP contribution in [0, 0.1) is 11.8 Å². The van der Waals surface area contributed by atoms with Crippen molar-refractivity contribution in [2.45, 2.75) is 18.9 Å². The third kappa shape index (κ3) is 4.35. The minimum absolute atomic E-state index is 0.0434. The van der Waals surface area contributed by atoms with Crippen molar-refractivity contribution in [1.82, 2.24) is 4.90 Å². The van der Waals surface area contributed by atoms with Gasteiger partial charge in [0.1, 0.15) is 0 Å². The van der Waals surface area contributed by atoms with Gasteiger partial charge < -0.3 is 0 Å². The molecule has 188 valence electrons. The van der Waals surface area contributed by atoms with Crippen LogP contribution in [0.25, 0.3) is 0 Å². The summed E-state index contributed by atoms with van der Waals surface area (Å²) in [5, 5.41) is 0. The van der Waals surface area contributed by atoms with E-state index < -0.39 is 18.4 Å². The molecule has 3 atom stereocenters. The summed E-state index contributed by atoms with van der Waals surface area (Å²) in [5.41, 5.74) is 2.77. The standard InChI is InChI=1S/C17H18NO.3C6H5.Sn/c1-3-7-14-16-15(10-13-8-5-4-6-9-13)12(2)11-18(16)17(14)19;3*1-2-4-6-5-3-1;/h2-6,8-9,14-16H,1,7,10-11H2;3*1-5H;/t14-,15-,16+;;;;/m0..../s1. The average Bonchev–Trinajstić information content (AvgIpc) is 3.29. The molecule has 3 heteroatoms. The van der Waals surface area contributed by atoms with E-state index in [2.05, 4.69) is 137 Å². The second kappa shape index (κ2) is 10.8. The van der Waals surface area contributed by atoms with Gasteiger partial charge in [-0.2, -0.15) is 0 Å². The summed E-state index contributed by atoms with van der Waals surface area (Å²) in [4.78, 5) is 15.4. The van der Waals surface area contributed by atoms with E-state index in [1.165, 1.54) is 21.9 Å². The summed E-state index contributed by atoms with van der Waals surface area (Å²) in [7, 11) is 0. The van der Waals surface area contributed by atoms with Crippen molar-refractivity contribution in [3.8, 4) is 0 Å². The Hall–Kier alpha value is -3.37. The van der Waals surface area contributed by atoms with Crippen LogP contribution in [0.1, 0.15) is 12.0 Å². The van der Waals surface area contributed by atoms with E-state index in [1.807, 2.05) is 6.08 Å². The Balaban J connectivity index is 1.57. The minimum atomic E-state index is -3.63. The normalized spacial score (nSPS) is 21.7. The van der Waals surface area contributed by atoms with Crippen LogP contribution >= 0.6 is 0 Å². The van der Waals surface area contributed by atoms with Crippen molar-refractivity contribution in [2.24, 2.45) is 11.8 Å². The molecule has 2 fully saturated rings. The number of amides is 1. The predicted octanol–water partition coefficient (Wildman–Crippen LogP) is 4.90. The van der Waals surface area contributed by atoms with Gasteiger partial charge in [0.05, 0.1) is 0 Å². The Morgan fingerprint density at radius 2 is 1.18 bits per heavy atom. The van der Waals surface area contributed by atoms with Crippen molar-refractivity contribution in [2.75, 3.05) is 6.54 Å². The van der Waals surface area contributed by atoms with Crippen LogP contribution in [0.5, 0.6) is 0 Å². The van der Waals surface area contributed by atoms with E-state index >= 15 is 0 Å². The van der Waals surface area contributed by atoms with Gasteiger partial charge in [0, 0.05) is 0 Å². The van der Waals surface area contributed by atoms with E-state index in [0.29, 0.717) is 5.92 Å². The quantitative estimate of drug-likeness (QED) is 0.160. The fourth-order valence-electron chi connectivity index (χ4n) is 6.68. The molecule has 0 radical (unpaired) electrons. The second-order valence-electron chi connectivity index (χ2n) is 10.5. The van der Waals surface area contributed by atoms with Crippen LogP contribution in [0.4, 0.5) is 0 Å². The van der Waals surface area contributed by atoms with Gasteiger partial charge in [-0.15, -0.1) is 0 Å². The van der Waals surface area contributed by atoms with Crippen LogP contribution in [-0.2, 0) is 11.2 Å². The molecule has 38 heavy (non-hydrogen) atoms. The predicted molar refractivity (Wildman–Crippen MR) is 160 cm³/mol. The molecule has 2 saturated heterocycles. The Bertz CT molecular complexity index is 1340. The SMILES string of the molecule is C=CC[C@@H]1C(=O)N2C/C(=[CH]\[Sn]([c]3ccccc3)([c]3ccccc3)[c]3ccccc3)[C@H](Cc3ccccc3)[C@@H]12. The third-order valence-corrected chi connectivity index (χ3v) is 21.4. The molecule has 0 unspecified atom stereocenters. The molecule has 0 saturated carbocycles. The van der Waals surface area contributed by atoms with Crippen LogP contribution in [0.2, 0.25) is 0 Å². The number of β-lactam (4-membered cyclic amide) rings is 1. The molecule has 0 aromatic heterocycles. The van der Waals surface area contributed by atoms with E-state index in [4.69, 9.17) is 0 Å². The molecule has 2 aliphatic heterocycles. The van der Waals surface area contributed by atoms with Gasteiger partial charge in [0.15, 0.2) is 0 Å². The third-order valence-electron chi connectivity index (χ3n) is 8.42. The molecule has 2 aliphatic rings. The number of nitrogens with zero attached hydrogens (tertiary/aromatic N) is 1. The van der Waals surface area contributed by atoms with Crippen LogP contribution in [0.15, 0.2) is 144 Å². The van der Waals surface area contributed by atoms with Crippen molar-refractivity contribution in [3.63, 3.8) is 0 Å². The van der Waals surface area contributed by atoms with Crippen molar-refractivity contribution in [1.29, 1.82) is 0 Å². The molecule has 0 bridgehead atoms. The number of hydrogen-bond donors (Lipinski definition) is 0. The number of fused-ring (bicyclic) bond motifs is 1. The average molecular weight is 602 g/mol. The van der Waals surface area contributed by atoms with Gasteiger partial charge in [-0.05, 0) is 0 Å². The molecule has 1 amide bonds. The Morgan fingerprint density at radius 3 is 1.66 bits per heavy atom. The van der Waals surface area contributed by atoms with Gasteiger partial charge >= 0.3 is 231 Å². The van der Waals surface area contributed by atoms with Gasteiger partial charge in [-0.3, -0.25) is 0 Å². The van der Waals surface area contributed by atoms with Gasteiger partial charge in [-0.25, -0.2) is 0 Å². The summed E-state index contributed by atoms with van der Waals surface area (Å²) in [6.07, 6.45) is 3.63. The number of rotatable bonds is 8. The van der Waals surface area contributed by atoms with Gasteiger partial charge in [0.2, 0.25) is 0 Å². The summed E-state index contributed by atoms with van der Waals surface area (Å²) >= 11 is -3.63. The molecule has 0 aliphatic carbocycles. The van der Waals surface area contributed by atoms with Crippen molar-refractivity contribution < 1.29 is 4.79 Å². The molecular weight excluding hydrogens is 569 g/mol. The molecule has 0 spiro atoms. The fraction of sp³-hybridized carbons (Fsp3) is 0.171. The Morgan fingerprint density at radius 1 is 0.711 bits per heavy atom. The van der Waals surface area contributed by atoms with E-state index in [0.717, 1.165) is 19.4 Å².